The molecule has 0 atom stereocenters. The van der Waals surface area contributed by atoms with Gasteiger partial charge < -0.3 is 9.84 Å². The Morgan fingerprint density at radius 2 is 1.83 bits per heavy atom. The first-order valence-electron chi connectivity index (χ1n) is 7.56. The number of tetrazole rings is 1. The molecule has 0 saturated carbocycles. The summed E-state index contributed by atoms with van der Waals surface area (Å²) < 4.78 is 7.13. The normalized spacial score (nSPS) is 10.5. The lowest BCUT2D eigenvalue weighted by atomic mass is 10.1. The number of carbonyl (C=O) groups is 1. The van der Waals surface area contributed by atoms with Gasteiger partial charge in [0.2, 0.25) is 0 Å². The van der Waals surface area contributed by atoms with Crippen molar-refractivity contribution in [3.05, 3.63) is 59.7 Å². The molecule has 7 heteroatoms. The third-order valence-electron chi connectivity index (χ3n) is 3.47. The quantitative estimate of drug-likeness (QED) is 0.749. The average molecular weight is 324 g/mol. The molecule has 24 heavy (non-hydrogen) atoms. The van der Waals surface area contributed by atoms with Crippen molar-refractivity contribution in [1.82, 2.24) is 20.2 Å². The molecule has 0 spiro atoms. The van der Waals surface area contributed by atoms with Crippen molar-refractivity contribution in [2.75, 3.05) is 0 Å². The van der Waals surface area contributed by atoms with E-state index in [0.29, 0.717) is 11.4 Å². The first-order chi connectivity index (χ1) is 11.7. The predicted molar refractivity (Wildman–Crippen MR) is 86.6 cm³/mol. The molecule has 0 aliphatic carbocycles. The second-order valence-electron chi connectivity index (χ2n) is 5.22. The van der Waals surface area contributed by atoms with E-state index in [2.05, 4.69) is 22.4 Å². The molecular formula is C17H16N4O3. The summed E-state index contributed by atoms with van der Waals surface area (Å²) in [5.41, 5.74) is 2.05. The fourth-order valence-electron chi connectivity index (χ4n) is 2.27. The minimum atomic E-state index is -0.984. The Morgan fingerprint density at radius 1 is 1.12 bits per heavy atom. The third-order valence-corrected chi connectivity index (χ3v) is 3.47. The number of aryl methyl sites for hydroxylation is 1. The number of aromatic carboxylic acids is 1. The zero-order valence-corrected chi connectivity index (χ0v) is 13.1. The second-order valence-corrected chi connectivity index (χ2v) is 5.22. The number of benzene rings is 2. The maximum Gasteiger partial charge on any atom is 0.345 e. The molecule has 2 aromatic carbocycles. The Labute approximate surface area is 138 Å². The van der Waals surface area contributed by atoms with Crippen molar-refractivity contribution in [3.8, 4) is 17.4 Å². The molecule has 1 heterocycles. The van der Waals surface area contributed by atoms with E-state index in [1.54, 1.807) is 12.1 Å². The lowest BCUT2D eigenvalue weighted by Crippen LogP contribution is -2.02. The molecular weight excluding hydrogens is 308 g/mol. The van der Waals surface area contributed by atoms with Crippen molar-refractivity contribution < 1.29 is 14.6 Å². The number of ether oxygens (including phenoxy) is 1. The zero-order valence-electron chi connectivity index (χ0n) is 13.1. The van der Waals surface area contributed by atoms with Crippen LogP contribution in [0.5, 0.6) is 11.8 Å². The number of nitrogens with zero attached hydrogens (tertiary/aromatic N) is 4. The monoisotopic (exact) mass is 324 g/mol. The van der Waals surface area contributed by atoms with E-state index >= 15 is 0 Å². The summed E-state index contributed by atoms with van der Waals surface area (Å²) in [4.78, 5) is 10.9. The molecule has 0 amide bonds. The van der Waals surface area contributed by atoms with Crippen LogP contribution in [0.3, 0.4) is 0 Å². The molecule has 0 fully saturated rings. The fraction of sp³-hybridized carbons (Fsp3) is 0.176. The Bertz CT molecular complexity index is 826. The summed E-state index contributed by atoms with van der Waals surface area (Å²) in [6, 6.07) is 14.2. The molecule has 0 bridgehead atoms. The number of hydrogen-bond donors (Lipinski definition) is 1. The van der Waals surface area contributed by atoms with Gasteiger partial charge in [0.05, 0.1) is 11.3 Å². The van der Waals surface area contributed by atoms with E-state index in [9.17, 15) is 4.79 Å². The van der Waals surface area contributed by atoms with Gasteiger partial charge in [-0.05, 0) is 58.8 Å². The van der Waals surface area contributed by atoms with Gasteiger partial charge in [-0.3, -0.25) is 0 Å². The van der Waals surface area contributed by atoms with Crippen LogP contribution in [-0.2, 0) is 6.42 Å². The topological polar surface area (TPSA) is 90.1 Å². The number of aromatic nitrogens is 4. The van der Waals surface area contributed by atoms with Gasteiger partial charge in [0.1, 0.15) is 5.75 Å². The zero-order chi connectivity index (χ0) is 16.9. The van der Waals surface area contributed by atoms with Crippen molar-refractivity contribution in [3.63, 3.8) is 0 Å². The average Bonchev–Trinajstić information content (AvgIpc) is 3.05. The van der Waals surface area contributed by atoms with Gasteiger partial charge in [-0.15, -0.1) is 0 Å². The van der Waals surface area contributed by atoms with E-state index in [0.717, 1.165) is 12.8 Å². The molecule has 0 unspecified atom stereocenters. The van der Waals surface area contributed by atoms with Crippen molar-refractivity contribution in [2.24, 2.45) is 0 Å². The Balaban J connectivity index is 1.81. The van der Waals surface area contributed by atoms with Gasteiger partial charge in [-0.25, -0.2) is 4.79 Å². The SMILES string of the molecule is CCCc1ccc(Oc2nnnn2-c2ccc(C(=O)O)cc2)cc1. The van der Waals surface area contributed by atoms with Gasteiger partial charge in [-0.2, -0.15) is 4.68 Å². The summed E-state index contributed by atoms with van der Waals surface area (Å²) in [6.07, 6.45) is 2.11. The molecule has 0 aliphatic rings. The van der Waals surface area contributed by atoms with Crippen LogP contribution in [0.1, 0.15) is 29.3 Å². The van der Waals surface area contributed by atoms with E-state index < -0.39 is 5.97 Å². The maximum atomic E-state index is 10.9. The van der Waals surface area contributed by atoms with Crippen LogP contribution in [0.15, 0.2) is 48.5 Å². The van der Waals surface area contributed by atoms with E-state index in [-0.39, 0.29) is 11.6 Å². The van der Waals surface area contributed by atoms with Gasteiger partial charge >= 0.3 is 12.0 Å². The van der Waals surface area contributed by atoms with Crippen LogP contribution in [0.25, 0.3) is 5.69 Å². The molecule has 122 valence electrons. The summed E-state index contributed by atoms with van der Waals surface area (Å²) in [6.45, 7) is 2.13. The molecule has 1 aromatic heterocycles. The molecule has 3 aromatic rings. The van der Waals surface area contributed by atoms with Crippen LogP contribution < -0.4 is 4.74 Å². The van der Waals surface area contributed by atoms with Gasteiger partial charge in [0.25, 0.3) is 0 Å². The maximum absolute atomic E-state index is 10.9. The van der Waals surface area contributed by atoms with Crippen molar-refractivity contribution in [2.45, 2.75) is 19.8 Å². The van der Waals surface area contributed by atoms with E-state index in [4.69, 9.17) is 9.84 Å². The highest BCUT2D eigenvalue weighted by molar-refractivity contribution is 5.87. The Kier molecular flexibility index (Phi) is 4.51. The first kappa shape index (κ1) is 15.7. The molecule has 7 nitrogen and oxygen atoms in total. The van der Waals surface area contributed by atoms with E-state index in [1.165, 1.54) is 22.4 Å². The van der Waals surface area contributed by atoms with Crippen molar-refractivity contribution >= 4 is 5.97 Å². The molecule has 1 N–H and O–H groups in total. The highest BCUT2D eigenvalue weighted by Gasteiger charge is 2.11. The van der Waals surface area contributed by atoms with Crippen LogP contribution in [-0.4, -0.2) is 31.3 Å². The highest BCUT2D eigenvalue weighted by Crippen LogP contribution is 2.22. The smallest absolute Gasteiger partial charge is 0.345 e. The number of carboxylic acid groups (broad SMARTS) is 1. The lowest BCUT2D eigenvalue weighted by Gasteiger charge is -2.07. The van der Waals surface area contributed by atoms with Crippen molar-refractivity contribution in [1.29, 1.82) is 0 Å². The molecule has 0 saturated heterocycles. The largest absolute Gasteiger partial charge is 0.478 e. The molecule has 3 rings (SSSR count). The predicted octanol–water partition coefficient (Wildman–Crippen LogP) is 3.11. The summed E-state index contributed by atoms with van der Waals surface area (Å²) in [7, 11) is 0. The Morgan fingerprint density at radius 3 is 2.46 bits per heavy atom. The number of hydrogen-bond acceptors (Lipinski definition) is 5. The number of carboxylic acids is 1. The molecule has 0 aliphatic heterocycles. The lowest BCUT2D eigenvalue weighted by molar-refractivity contribution is 0.0697. The van der Waals surface area contributed by atoms with Crippen LogP contribution >= 0.6 is 0 Å². The minimum absolute atomic E-state index is 0.195. The Hall–Kier alpha value is -3.22. The fourth-order valence-corrected chi connectivity index (χ4v) is 2.27. The minimum Gasteiger partial charge on any atom is -0.478 e. The third kappa shape index (κ3) is 3.40. The van der Waals surface area contributed by atoms with Gasteiger partial charge in [-0.1, -0.05) is 30.6 Å². The first-order valence-corrected chi connectivity index (χ1v) is 7.56. The second kappa shape index (κ2) is 6.91. The summed E-state index contributed by atoms with van der Waals surface area (Å²) >= 11 is 0. The highest BCUT2D eigenvalue weighted by atomic mass is 16.5. The van der Waals surface area contributed by atoms with E-state index in [1.807, 2.05) is 24.3 Å². The molecule has 0 radical (unpaired) electrons. The van der Waals surface area contributed by atoms with Crippen LogP contribution in [0, 0.1) is 0 Å². The van der Waals surface area contributed by atoms with Crippen LogP contribution in [0.2, 0.25) is 0 Å². The number of rotatable bonds is 6. The van der Waals surface area contributed by atoms with Crippen LogP contribution in [0.4, 0.5) is 0 Å². The van der Waals surface area contributed by atoms with Gasteiger partial charge in [0.15, 0.2) is 0 Å². The standard InChI is InChI=1S/C17H16N4O3/c1-2-3-12-4-10-15(11-5-12)24-17-18-19-20-21(17)14-8-6-13(7-9-14)16(22)23/h4-11H,2-3H2,1H3,(H,22,23). The summed E-state index contributed by atoms with van der Waals surface area (Å²) in [5, 5.41) is 20.3. The van der Waals surface area contributed by atoms with Gasteiger partial charge in [0, 0.05) is 0 Å². The summed E-state index contributed by atoms with van der Waals surface area (Å²) in [5.74, 6) is -0.352.